The van der Waals surface area contributed by atoms with Crippen molar-refractivity contribution in [2.75, 3.05) is 9.80 Å². The number of fused-ring (bicyclic) bond motifs is 3. The van der Waals surface area contributed by atoms with Gasteiger partial charge >= 0.3 is 0 Å². The molecule has 0 saturated heterocycles. The molecule has 8 aromatic carbocycles. The second-order valence-electron chi connectivity index (χ2n) is 14.8. The number of rotatable bonds is 8. The molecule has 0 spiro atoms. The topological polar surface area (TPSA) is 6.48 Å². The van der Waals surface area contributed by atoms with E-state index in [-0.39, 0.29) is 5.41 Å². The average molecular weight is 695 g/mol. The summed E-state index contributed by atoms with van der Waals surface area (Å²) in [4.78, 5) is 4.74. The van der Waals surface area contributed by atoms with Gasteiger partial charge < -0.3 is 9.80 Å². The largest absolute Gasteiger partial charge is 0.310 e. The summed E-state index contributed by atoms with van der Waals surface area (Å²) in [7, 11) is 0. The molecule has 0 heterocycles. The van der Waals surface area contributed by atoms with E-state index in [0.717, 1.165) is 34.1 Å². The lowest BCUT2D eigenvalue weighted by Crippen LogP contribution is -2.17. The molecule has 0 unspecified atom stereocenters. The molecular formula is C52H42N2. The highest BCUT2D eigenvalue weighted by molar-refractivity contribution is 5.88. The zero-order valence-corrected chi connectivity index (χ0v) is 30.9. The van der Waals surface area contributed by atoms with Gasteiger partial charge in [-0.25, -0.2) is 0 Å². The Hall–Kier alpha value is -6.64. The zero-order valence-electron chi connectivity index (χ0n) is 30.9. The van der Waals surface area contributed by atoms with E-state index >= 15 is 0 Å². The van der Waals surface area contributed by atoms with E-state index in [1.807, 2.05) is 0 Å². The minimum atomic E-state index is -0.204. The average Bonchev–Trinajstić information content (AvgIpc) is 3.45. The van der Waals surface area contributed by atoms with E-state index in [2.05, 4.69) is 231 Å². The molecule has 0 aromatic heterocycles. The lowest BCUT2D eigenvalue weighted by molar-refractivity contribution is 0.660. The maximum Gasteiger partial charge on any atom is 0.0465 e. The highest BCUT2D eigenvalue weighted by Crippen LogP contribution is 2.52. The third-order valence-electron chi connectivity index (χ3n) is 10.9. The van der Waals surface area contributed by atoms with Crippen molar-refractivity contribution in [1.82, 2.24) is 0 Å². The van der Waals surface area contributed by atoms with E-state index in [9.17, 15) is 0 Å². The molecule has 0 N–H and O–H groups in total. The van der Waals surface area contributed by atoms with E-state index in [0.29, 0.717) is 0 Å². The Balaban J connectivity index is 1.07. The van der Waals surface area contributed by atoms with E-state index in [1.165, 1.54) is 50.1 Å². The number of para-hydroxylation sites is 2. The molecule has 2 nitrogen and oxygen atoms in total. The van der Waals surface area contributed by atoms with Crippen LogP contribution in [0.5, 0.6) is 0 Å². The van der Waals surface area contributed by atoms with Gasteiger partial charge in [0.05, 0.1) is 0 Å². The van der Waals surface area contributed by atoms with E-state index in [1.54, 1.807) is 0 Å². The Morgan fingerprint density at radius 2 is 0.630 bits per heavy atom. The van der Waals surface area contributed by atoms with Gasteiger partial charge in [0.1, 0.15) is 0 Å². The first-order valence-corrected chi connectivity index (χ1v) is 18.8. The van der Waals surface area contributed by atoms with Gasteiger partial charge in [-0.1, -0.05) is 147 Å². The van der Waals surface area contributed by atoms with Crippen molar-refractivity contribution < 1.29 is 0 Å². The second-order valence-corrected chi connectivity index (χ2v) is 14.8. The van der Waals surface area contributed by atoms with Gasteiger partial charge in [0.15, 0.2) is 0 Å². The summed E-state index contributed by atoms with van der Waals surface area (Å²) in [6, 6.07) is 72.6. The Bertz CT molecular complexity index is 2540. The first-order valence-electron chi connectivity index (χ1n) is 18.8. The molecule has 1 aliphatic carbocycles. The van der Waals surface area contributed by atoms with Gasteiger partial charge in [-0.05, 0) is 124 Å². The molecule has 8 aromatic rings. The van der Waals surface area contributed by atoms with Gasteiger partial charge in [0.25, 0.3) is 0 Å². The number of anilines is 6. The molecule has 0 radical (unpaired) electrons. The maximum atomic E-state index is 2.41. The van der Waals surface area contributed by atoms with Gasteiger partial charge in [-0.3, -0.25) is 0 Å². The molecule has 0 aliphatic heterocycles. The SMILES string of the molecule is Cc1ccc(N(c2ccccc2)c2ccc3c(c2)C(C)(C)c2cc(N(c4ccccc4)c4ccc(-c5ccc(-c6ccccc6)cc5)cc4)ccc2-3)cc1. The highest BCUT2D eigenvalue weighted by Gasteiger charge is 2.37. The fourth-order valence-electron chi connectivity index (χ4n) is 8.02. The second kappa shape index (κ2) is 13.7. The Kier molecular flexibility index (Phi) is 8.44. The van der Waals surface area contributed by atoms with Crippen molar-refractivity contribution >= 4 is 34.1 Å². The van der Waals surface area contributed by atoms with Crippen LogP contribution >= 0.6 is 0 Å². The Morgan fingerprint density at radius 1 is 0.315 bits per heavy atom. The number of aryl methyl sites for hydroxylation is 1. The molecule has 9 rings (SSSR count). The van der Waals surface area contributed by atoms with Crippen molar-refractivity contribution in [2.45, 2.75) is 26.2 Å². The van der Waals surface area contributed by atoms with Crippen LogP contribution in [0.15, 0.2) is 200 Å². The highest BCUT2D eigenvalue weighted by atomic mass is 15.1. The predicted molar refractivity (Wildman–Crippen MR) is 229 cm³/mol. The van der Waals surface area contributed by atoms with Crippen molar-refractivity contribution in [1.29, 1.82) is 0 Å². The van der Waals surface area contributed by atoms with Gasteiger partial charge in [0, 0.05) is 39.5 Å². The number of benzene rings is 8. The van der Waals surface area contributed by atoms with Gasteiger partial charge in [0.2, 0.25) is 0 Å². The zero-order chi connectivity index (χ0) is 36.6. The molecular weight excluding hydrogens is 653 g/mol. The molecule has 0 bridgehead atoms. The normalized spacial score (nSPS) is 12.5. The number of hydrogen-bond acceptors (Lipinski definition) is 2. The summed E-state index contributed by atoms with van der Waals surface area (Å²) in [5.41, 5.74) is 18.0. The predicted octanol–water partition coefficient (Wildman–Crippen LogP) is 14.6. The molecule has 54 heavy (non-hydrogen) atoms. The van der Waals surface area contributed by atoms with Crippen LogP contribution in [0.2, 0.25) is 0 Å². The lowest BCUT2D eigenvalue weighted by atomic mass is 9.82. The van der Waals surface area contributed by atoms with Crippen LogP contribution in [0.3, 0.4) is 0 Å². The maximum absolute atomic E-state index is 2.41. The quantitative estimate of drug-likeness (QED) is 0.156. The summed E-state index contributed by atoms with van der Waals surface area (Å²) < 4.78 is 0. The van der Waals surface area contributed by atoms with Gasteiger partial charge in [-0.2, -0.15) is 0 Å². The van der Waals surface area contributed by atoms with Crippen molar-refractivity contribution in [3.8, 4) is 33.4 Å². The molecule has 0 saturated carbocycles. The fourth-order valence-corrected chi connectivity index (χ4v) is 8.02. The number of hydrogen-bond donors (Lipinski definition) is 0. The third kappa shape index (κ3) is 6.06. The van der Waals surface area contributed by atoms with Gasteiger partial charge in [-0.15, -0.1) is 0 Å². The van der Waals surface area contributed by atoms with Crippen molar-refractivity contribution in [3.63, 3.8) is 0 Å². The van der Waals surface area contributed by atoms with Crippen LogP contribution in [-0.4, -0.2) is 0 Å². The molecule has 0 fully saturated rings. The summed E-state index contributed by atoms with van der Waals surface area (Å²) in [5, 5.41) is 0. The van der Waals surface area contributed by atoms with Crippen LogP contribution in [-0.2, 0) is 5.41 Å². The minimum Gasteiger partial charge on any atom is -0.310 e. The number of nitrogens with zero attached hydrogens (tertiary/aromatic N) is 2. The lowest BCUT2D eigenvalue weighted by Gasteiger charge is -2.29. The van der Waals surface area contributed by atoms with E-state index < -0.39 is 0 Å². The monoisotopic (exact) mass is 694 g/mol. The van der Waals surface area contributed by atoms with Crippen LogP contribution in [0.25, 0.3) is 33.4 Å². The minimum absolute atomic E-state index is 0.204. The Labute approximate surface area is 319 Å². The first-order chi connectivity index (χ1) is 26.4. The summed E-state index contributed by atoms with van der Waals surface area (Å²) in [6.45, 7) is 6.88. The molecule has 0 atom stereocenters. The Morgan fingerprint density at radius 3 is 1.06 bits per heavy atom. The fraction of sp³-hybridized carbons (Fsp3) is 0.0769. The standard InChI is InChI=1S/C52H42N2/c1-37-19-27-44(28-20-37)53(42-15-9-5-10-16-42)46-31-33-48-49-34-32-47(36-51(49)52(2,3)50(48)35-46)54(43-17-11-6-12-18-43)45-29-25-41(26-30-45)40-23-21-39(22-24-40)38-13-7-4-8-14-38/h4-36H,1-3H3. The van der Waals surface area contributed by atoms with Crippen LogP contribution in [0.1, 0.15) is 30.5 Å². The summed E-state index contributed by atoms with van der Waals surface area (Å²) >= 11 is 0. The first kappa shape index (κ1) is 33.2. The third-order valence-corrected chi connectivity index (χ3v) is 10.9. The van der Waals surface area contributed by atoms with Crippen LogP contribution < -0.4 is 9.80 Å². The molecule has 0 amide bonds. The van der Waals surface area contributed by atoms with E-state index in [4.69, 9.17) is 0 Å². The van der Waals surface area contributed by atoms with Crippen LogP contribution in [0.4, 0.5) is 34.1 Å². The molecule has 1 aliphatic rings. The van der Waals surface area contributed by atoms with Crippen LogP contribution in [0, 0.1) is 6.92 Å². The van der Waals surface area contributed by atoms with Crippen molar-refractivity contribution in [3.05, 3.63) is 217 Å². The van der Waals surface area contributed by atoms with Crippen molar-refractivity contribution in [2.24, 2.45) is 0 Å². The summed E-state index contributed by atoms with van der Waals surface area (Å²) in [5.74, 6) is 0. The summed E-state index contributed by atoms with van der Waals surface area (Å²) in [6.07, 6.45) is 0. The molecule has 2 heteroatoms. The molecule has 260 valence electrons. The smallest absolute Gasteiger partial charge is 0.0465 e.